The molecule has 2 aromatic carbocycles. The Balaban J connectivity index is 1.76. The topological polar surface area (TPSA) is 73.0 Å². The van der Waals surface area contributed by atoms with Gasteiger partial charge in [-0.1, -0.05) is 41.6 Å². The Kier molecular flexibility index (Phi) is 3.96. The smallest absolute Gasteiger partial charge is 0.328 e. The van der Waals surface area contributed by atoms with Crippen LogP contribution in [0.5, 0.6) is 0 Å². The molecule has 6 nitrogen and oxygen atoms in total. The summed E-state index contributed by atoms with van der Waals surface area (Å²) >= 11 is 0. The number of fused-ring (bicyclic) bond motifs is 1. The van der Waals surface area contributed by atoms with Crippen molar-refractivity contribution >= 4 is 22.8 Å². The van der Waals surface area contributed by atoms with Gasteiger partial charge in [0.05, 0.1) is 6.54 Å². The normalized spacial score (nSPS) is 11.0. The number of aromatic nitrogens is 3. The van der Waals surface area contributed by atoms with E-state index in [-0.39, 0.29) is 18.4 Å². The molecule has 0 radical (unpaired) electrons. The molecule has 1 amide bonds. The van der Waals surface area contributed by atoms with Crippen LogP contribution in [0.25, 0.3) is 10.9 Å². The van der Waals surface area contributed by atoms with Crippen LogP contribution in [0.15, 0.2) is 59.1 Å². The Labute approximate surface area is 148 Å². The van der Waals surface area contributed by atoms with Crippen LogP contribution in [0, 0.1) is 12.7 Å². The molecule has 1 N–H and O–H groups in total. The quantitative estimate of drug-likeness (QED) is 0.608. The number of carbonyl (C=O) groups excluding carboxylic acids is 1. The maximum absolute atomic E-state index is 14.1. The third-order valence-corrected chi connectivity index (χ3v) is 4.08. The molecule has 0 saturated carbocycles. The third kappa shape index (κ3) is 2.95. The molecule has 7 heteroatoms. The molecule has 0 aliphatic carbocycles. The van der Waals surface area contributed by atoms with Crippen LogP contribution in [0.3, 0.4) is 0 Å². The highest BCUT2D eigenvalue weighted by Gasteiger charge is 2.18. The van der Waals surface area contributed by atoms with Gasteiger partial charge in [-0.25, -0.2) is 4.39 Å². The first-order valence-corrected chi connectivity index (χ1v) is 8.05. The van der Waals surface area contributed by atoms with Crippen LogP contribution in [0.1, 0.15) is 21.9 Å². The molecule has 0 aliphatic heterocycles. The average molecular weight is 350 g/mol. The SMILES string of the molecule is Cc1noc(NC(=O)c2cc3ccccc3n2Cc2ccccc2F)n1. The zero-order valence-electron chi connectivity index (χ0n) is 13.9. The fraction of sp³-hybridized carbons (Fsp3) is 0.105. The number of para-hydroxylation sites is 1. The number of benzene rings is 2. The average Bonchev–Trinajstić information content (AvgIpc) is 3.21. The molecule has 4 aromatic rings. The van der Waals surface area contributed by atoms with Crippen LogP contribution < -0.4 is 5.32 Å². The van der Waals surface area contributed by atoms with Gasteiger partial charge in [0.25, 0.3) is 5.91 Å². The zero-order valence-corrected chi connectivity index (χ0v) is 13.9. The molecular formula is C19H15FN4O2. The highest BCUT2D eigenvalue weighted by Crippen LogP contribution is 2.23. The number of nitrogens with zero attached hydrogens (tertiary/aromatic N) is 3. The summed E-state index contributed by atoms with van der Waals surface area (Å²) < 4.78 is 20.8. The first-order valence-electron chi connectivity index (χ1n) is 8.05. The molecule has 0 saturated heterocycles. The molecular weight excluding hydrogens is 335 g/mol. The first kappa shape index (κ1) is 16.0. The van der Waals surface area contributed by atoms with Crippen molar-refractivity contribution in [2.75, 3.05) is 5.32 Å². The van der Waals surface area contributed by atoms with Gasteiger partial charge in [0.15, 0.2) is 5.82 Å². The summed E-state index contributed by atoms with van der Waals surface area (Å²) in [6.45, 7) is 1.89. The summed E-state index contributed by atoms with van der Waals surface area (Å²) in [6, 6.07) is 15.9. The number of aryl methyl sites for hydroxylation is 1. The summed E-state index contributed by atoms with van der Waals surface area (Å²) in [4.78, 5) is 16.7. The van der Waals surface area contributed by atoms with Crippen molar-refractivity contribution in [2.45, 2.75) is 13.5 Å². The minimum atomic E-state index is -0.402. The number of hydrogen-bond acceptors (Lipinski definition) is 4. The van der Waals surface area contributed by atoms with E-state index < -0.39 is 5.91 Å². The molecule has 130 valence electrons. The Morgan fingerprint density at radius 2 is 1.96 bits per heavy atom. The molecule has 0 fully saturated rings. The van der Waals surface area contributed by atoms with Crippen molar-refractivity contribution in [3.8, 4) is 0 Å². The van der Waals surface area contributed by atoms with Gasteiger partial charge in [-0.15, -0.1) is 0 Å². The Morgan fingerprint density at radius 3 is 2.73 bits per heavy atom. The Bertz CT molecular complexity index is 1100. The molecule has 26 heavy (non-hydrogen) atoms. The predicted molar refractivity (Wildman–Crippen MR) is 94.4 cm³/mol. The molecule has 0 spiro atoms. The maximum Gasteiger partial charge on any atom is 0.328 e. The highest BCUT2D eigenvalue weighted by atomic mass is 19.1. The second-order valence-corrected chi connectivity index (χ2v) is 5.87. The van der Waals surface area contributed by atoms with Gasteiger partial charge in [-0.05, 0) is 25.1 Å². The second-order valence-electron chi connectivity index (χ2n) is 5.87. The van der Waals surface area contributed by atoms with Gasteiger partial charge in [0.2, 0.25) is 0 Å². The van der Waals surface area contributed by atoms with E-state index in [1.54, 1.807) is 35.8 Å². The molecule has 2 aromatic heterocycles. The van der Waals surface area contributed by atoms with Crippen molar-refractivity contribution < 1.29 is 13.7 Å². The van der Waals surface area contributed by atoms with Gasteiger partial charge >= 0.3 is 6.01 Å². The van der Waals surface area contributed by atoms with E-state index in [0.29, 0.717) is 17.1 Å². The largest absolute Gasteiger partial charge is 0.332 e. The van der Waals surface area contributed by atoms with Gasteiger partial charge in [0.1, 0.15) is 11.5 Å². The van der Waals surface area contributed by atoms with E-state index >= 15 is 0 Å². The lowest BCUT2D eigenvalue weighted by Gasteiger charge is -2.11. The van der Waals surface area contributed by atoms with Gasteiger partial charge in [-0.2, -0.15) is 4.98 Å². The van der Waals surface area contributed by atoms with E-state index in [1.165, 1.54) is 6.07 Å². The maximum atomic E-state index is 14.1. The minimum absolute atomic E-state index is 0.0233. The fourth-order valence-electron chi connectivity index (χ4n) is 2.87. The molecule has 0 aliphatic rings. The van der Waals surface area contributed by atoms with E-state index in [2.05, 4.69) is 15.5 Å². The molecule has 4 rings (SSSR count). The van der Waals surface area contributed by atoms with Gasteiger partial charge in [-0.3, -0.25) is 10.1 Å². The highest BCUT2D eigenvalue weighted by molar-refractivity contribution is 6.05. The summed E-state index contributed by atoms with van der Waals surface area (Å²) in [7, 11) is 0. The summed E-state index contributed by atoms with van der Waals surface area (Å²) in [5, 5.41) is 7.12. The van der Waals surface area contributed by atoms with Crippen molar-refractivity contribution in [2.24, 2.45) is 0 Å². The van der Waals surface area contributed by atoms with E-state index in [0.717, 1.165) is 10.9 Å². The first-order chi connectivity index (χ1) is 12.6. The van der Waals surface area contributed by atoms with Crippen LogP contribution in [0.2, 0.25) is 0 Å². The Hall–Kier alpha value is -3.48. The monoisotopic (exact) mass is 350 g/mol. The number of hydrogen-bond donors (Lipinski definition) is 1. The number of amides is 1. The number of carbonyl (C=O) groups is 1. The Morgan fingerprint density at radius 1 is 1.19 bits per heavy atom. The molecule has 2 heterocycles. The van der Waals surface area contributed by atoms with Crippen molar-refractivity contribution in [1.29, 1.82) is 0 Å². The van der Waals surface area contributed by atoms with E-state index in [9.17, 15) is 9.18 Å². The number of rotatable bonds is 4. The van der Waals surface area contributed by atoms with Gasteiger partial charge in [0, 0.05) is 16.5 Å². The van der Waals surface area contributed by atoms with Crippen LogP contribution >= 0.6 is 0 Å². The van der Waals surface area contributed by atoms with Gasteiger partial charge < -0.3 is 9.09 Å². The van der Waals surface area contributed by atoms with Crippen molar-refractivity contribution in [1.82, 2.24) is 14.7 Å². The summed E-state index contributed by atoms with van der Waals surface area (Å²) in [5.74, 6) is -0.294. The third-order valence-electron chi connectivity index (χ3n) is 4.08. The van der Waals surface area contributed by atoms with Crippen molar-refractivity contribution in [3.63, 3.8) is 0 Å². The van der Waals surface area contributed by atoms with Crippen LogP contribution in [-0.2, 0) is 6.54 Å². The minimum Gasteiger partial charge on any atom is -0.332 e. The second kappa shape index (κ2) is 6.44. The lowest BCUT2D eigenvalue weighted by molar-refractivity contribution is 0.101. The predicted octanol–water partition coefficient (Wildman–Crippen LogP) is 3.77. The summed E-state index contributed by atoms with van der Waals surface area (Å²) in [6.07, 6.45) is 0. The molecule has 0 atom stereocenters. The standard InChI is InChI=1S/C19H15FN4O2/c1-12-21-19(26-23-12)22-18(25)17-10-13-6-3-5-9-16(13)24(17)11-14-7-2-4-8-15(14)20/h2-10H,11H2,1H3,(H,21,22,23,25). The lowest BCUT2D eigenvalue weighted by Crippen LogP contribution is -2.18. The zero-order chi connectivity index (χ0) is 18.1. The summed E-state index contributed by atoms with van der Waals surface area (Å²) in [5.41, 5.74) is 1.71. The van der Waals surface area contributed by atoms with Crippen LogP contribution in [-0.4, -0.2) is 20.6 Å². The van der Waals surface area contributed by atoms with E-state index in [1.807, 2.05) is 24.3 Å². The molecule has 0 unspecified atom stereocenters. The van der Waals surface area contributed by atoms with Crippen LogP contribution in [0.4, 0.5) is 10.4 Å². The number of halogens is 1. The van der Waals surface area contributed by atoms with E-state index in [4.69, 9.17) is 4.52 Å². The number of anilines is 1. The lowest BCUT2D eigenvalue weighted by atomic mass is 10.2. The fourth-order valence-corrected chi connectivity index (χ4v) is 2.87. The molecule has 0 bridgehead atoms. The van der Waals surface area contributed by atoms with Crippen molar-refractivity contribution in [3.05, 3.63) is 77.5 Å². The number of nitrogens with one attached hydrogen (secondary N) is 1.